The minimum atomic E-state index is -0.247. The number of anilines is 1. The van der Waals surface area contributed by atoms with Crippen molar-refractivity contribution in [1.29, 1.82) is 0 Å². The monoisotopic (exact) mass is 279 g/mol. The summed E-state index contributed by atoms with van der Waals surface area (Å²) in [4.78, 5) is 13.8. The molecule has 1 aromatic rings. The van der Waals surface area contributed by atoms with Gasteiger partial charge in [-0.3, -0.25) is 4.79 Å². The summed E-state index contributed by atoms with van der Waals surface area (Å²) in [6.07, 6.45) is 0. The van der Waals surface area contributed by atoms with E-state index in [2.05, 4.69) is 24.5 Å². The van der Waals surface area contributed by atoms with Crippen LogP contribution in [-0.4, -0.2) is 31.1 Å². The van der Waals surface area contributed by atoms with E-state index >= 15 is 0 Å². The van der Waals surface area contributed by atoms with E-state index in [1.54, 1.807) is 12.1 Å². The molecular weight excluding hydrogens is 257 g/mol. The zero-order valence-corrected chi connectivity index (χ0v) is 12.2. The first-order valence-electron chi connectivity index (χ1n) is 7.05. The summed E-state index contributed by atoms with van der Waals surface area (Å²) in [6.45, 7) is 7.93. The van der Waals surface area contributed by atoms with Crippen LogP contribution in [0.4, 0.5) is 10.1 Å². The minimum Gasteiger partial charge on any atom is -0.358 e. The van der Waals surface area contributed by atoms with Crippen LogP contribution in [0.2, 0.25) is 0 Å². The van der Waals surface area contributed by atoms with E-state index in [1.807, 2.05) is 11.8 Å². The molecule has 1 aliphatic heterocycles. The van der Waals surface area contributed by atoms with Gasteiger partial charge in [-0.05, 0) is 30.7 Å². The molecule has 1 aromatic carbocycles. The fourth-order valence-corrected chi connectivity index (χ4v) is 2.40. The van der Waals surface area contributed by atoms with Gasteiger partial charge in [0.15, 0.2) is 0 Å². The highest BCUT2D eigenvalue weighted by Gasteiger charge is 2.27. The second-order valence-electron chi connectivity index (χ2n) is 5.47. The lowest BCUT2D eigenvalue weighted by Crippen LogP contribution is -2.54. The Bertz CT molecular complexity index is 490. The van der Waals surface area contributed by atoms with E-state index < -0.39 is 0 Å². The van der Waals surface area contributed by atoms with Crippen molar-refractivity contribution in [1.82, 2.24) is 10.6 Å². The predicted octanol–water partition coefficient (Wildman–Crippen LogP) is 1.65. The predicted molar refractivity (Wildman–Crippen MR) is 78.2 cm³/mol. The van der Waals surface area contributed by atoms with Crippen LogP contribution in [0.5, 0.6) is 0 Å². The Morgan fingerprint density at radius 3 is 2.95 bits per heavy atom. The van der Waals surface area contributed by atoms with Crippen molar-refractivity contribution in [3.05, 3.63) is 29.6 Å². The van der Waals surface area contributed by atoms with Gasteiger partial charge in [0, 0.05) is 31.4 Å². The van der Waals surface area contributed by atoms with E-state index in [0.717, 1.165) is 17.8 Å². The smallest absolute Gasteiger partial charge is 0.242 e. The summed E-state index contributed by atoms with van der Waals surface area (Å²) in [5.41, 5.74) is 1.82. The highest BCUT2D eigenvalue weighted by atomic mass is 19.1. The molecule has 1 amide bonds. The van der Waals surface area contributed by atoms with Crippen molar-refractivity contribution in [3.8, 4) is 0 Å². The molecule has 2 rings (SSSR count). The zero-order chi connectivity index (χ0) is 14.7. The molecule has 1 heterocycles. The van der Waals surface area contributed by atoms with Gasteiger partial charge in [-0.2, -0.15) is 0 Å². The van der Waals surface area contributed by atoms with Gasteiger partial charge >= 0.3 is 0 Å². The maximum absolute atomic E-state index is 13.5. The van der Waals surface area contributed by atoms with E-state index in [-0.39, 0.29) is 17.8 Å². The average molecular weight is 279 g/mol. The molecule has 1 atom stereocenters. The molecule has 0 aliphatic carbocycles. The Kier molecular flexibility index (Phi) is 4.60. The number of carbonyl (C=O) groups is 1. The lowest BCUT2D eigenvalue weighted by molar-refractivity contribution is -0.122. The second kappa shape index (κ2) is 6.22. The van der Waals surface area contributed by atoms with E-state index in [9.17, 15) is 9.18 Å². The maximum atomic E-state index is 13.5. The van der Waals surface area contributed by atoms with Crippen LogP contribution in [0.1, 0.15) is 26.3 Å². The summed E-state index contributed by atoms with van der Waals surface area (Å²) in [7, 11) is 0. The van der Waals surface area contributed by atoms with Crippen molar-refractivity contribution < 1.29 is 9.18 Å². The van der Waals surface area contributed by atoms with Gasteiger partial charge in [-0.15, -0.1) is 0 Å². The molecule has 1 fully saturated rings. The number of nitrogens with one attached hydrogen (secondary N) is 2. The molecule has 110 valence electrons. The number of hydrogen-bond acceptors (Lipinski definition) is 3. The Morgan fingerprint density at radius 2 is 2.25 bits per heavy atom. The largest absolute Gasteiger partial charge is 0.358 e. The number of carbonyl (C=O) groups excluding carboxylic acids is 1. The van der Waals surface area contributed by atoms with E-state index in [4.69, 9.17) is 0 Å². The first-order valence-corrected chi connectivity index (χ1v) is 7.05. The Hall–Kier alpha value is -1.62. The van der Waals surface area contributed by atoms with Crippen LogP contribution in [0.15, 0.2) is 18.2 Å². The van der Waals surface area contributed by atoms with Gasteiger partial charge in [0.05, 0.1) is 0 Å². The number of piperazine rings is 1. The molecule has 5 heteroatoms. The maximum Gasteiger partial charge on any atom is 0.242 e. The van der Waals surface area contributed by atoms with Crippen LogP contribution in [0, 0.1) is 5.82 Å². The van der Waals surface area contributed by atoms with Gasteiger partial charge in [-0.25, -0.2) is 4.39 Å². The molecule has 2 N–H and O–H groups in total. The van der Waals surface area contributed by atoms with Crippen LogP contribution < -0.4 is 15.5 Å². The van der Waals surface area contributed by atoms with Gasteiger partial charge in [-0.1, -0.05) is 13.8 Å². The lowest BCUT2D eigenvalue weighted by atomic mass is 10.1. The van der Waals surface area contributed by atoms with Crippen LogP contribution in [0.3, 0.4) is 0 Å². The Morgan fingerprint density at radius 1 is 1.50 bits per heavy atom. The van der Waals surface area contributed by atoms with Crippen LogP contribution >= 0.6 is 0 Å². The zero-order valence-electron chi connectivity index (χ0n) is 12.2. The second-order valence-corrected chi connectivity index (χ2v) is 5.47. The topological polar surface area (TPSA) is 44.4 Å². The van der Waals surface area contributed by atoms with Crippen LogP contribution in [0.25, 0.3) is 0 Å². The molecular formula is C15H22FN3O. The van der Waals surface area contributed by atoms with Crippen molar-refractivity contribution in [2.75, 3.05) is 18.0 Å². The van der Waals surface area contributed by atoms with Crippen LogP contribution in [-0.2, 0) is 11.3 Å². The van der Waals surface area contributed by atoms with Crippen molar-refractivity contribution >= 4 is 11.6 Å². The molecule has 1 aliphatic rings. The quantitative estimate of drug-likeness (QED) is 0.881. The fraction of sp³-hybridized carbons (Fsp3) is 0.533. The lowest BCUT2D eigenvalue weighted by Gasteiger charge is -2.36. The molecule has 0 spiro atoms. The average Bonchev–Trinajstić information content (AvgIpc) is 2.40. The molecule has 0 radical (unpaired) electrons. The van der Waals surface area contributed by atoms with Crippen molar-refractivity contribution in [3.63, 3.8) is 0 Å². The SMILES string of the molecule is CC(C)NCc1cc(F)ccc1N1CCNC(=O)C1C. The summed E-state index contributed by atoms with van der Waals surface area (Å²) in [5, 5.41) is 6.14. The molecule has 4 nitrogen and oxygen atoms in total. The molecule has 0 saturated carbocycles. The Balaban J connectivity index is 2.27. The number of nitrogens with zero attached hydrogens (tertiary/aromatic N) is 1. The molecule has 1 unspecified atom stereocenters. The number of benzene rings is 1. The molecule has 0 aromatic heterocycles. The highest BCUT2D eigenvalue weighted by Crippen LogP contribution is 2.25. The first-order chi connectivity index (χ1) is 9.49. The van der Waals surface area contributed by atoms with Crippen molar-refractivity contribution in [2.45, 2.75) is 39.4 Å². The summed E-state index contributed by atoms with van der Waals surface area (Å²) in [5.74, 6) is -0.230. The van der Waals surface area contributed by atoms with E-state index in [1.165, 1.54) is 6.07 Å². The van der Waals surface area contributed by atoms with Gasteiger partial charge in [0.2, 0.25) is 5.91 Å². The molecule has 0 bridgehead atoms. The molecule has 20 heavy (non-hydrogen) atoms. The third kappa shape index (κ3) is 3.28. The minimum absolute atomic E-state index is 0.0170. The normalized spacial score (nSPS) is 19.4. The number of hydrogen-bond donors (Lipinski definition) is 2. The number of rotatable bonds is 4. The van der Waals surface area contributed by atoms with Gasteiger partial charge in [0.1, 0.15) is 11.9 Å². The van der Waals surface area contributed by atoms with Crippen molar-refractivity contribution in [2.24, 2.45) is 0 Å². The third-order valence-electron chi connectivity index (χ3n) is 3.55. The first kappa shape index (κ1) is 14.8. The Labute approximate surface area is 119 Å². The number of halogens is 1. The van der Waals surface area contributed by atoms with E-state index in [0.29, 0.717) is 19.1 Å². The molecule has 1 saturated heterocycles. The standard InChI is InChI=1S/C15H22FN3O/c1-10(2)18-9-12-8-13(16)4-5-14(12)19-7-6-17-15(20)11(19)3/h4-5,8,10-11,18H,6-7,9H2,1-3H3,(H,17,20). The highest BCUT2D eigenvalue weighted by molar-refractivity contribution is 5.86. The fourth-order valence-electron chi connectivity index (χ4n) is 2.40. The summed E-state index contributed by atoms with van der Waals surface area (Å²) < 4.78 is 13.5. The number of amides is 1. The third-order valence-corrected chi connectivity index (χ3v) is 3.55. The summed E-state index contributed by atoms with van der Waals surface area (Å²) >= 11 is 0. The summed E-state index contributed by atoms with van der Waals surface area (Å²) in [6, 6.07) is 4.86. The van der Waals surface area contributed by atoms with Gasteiger partial charge in [0.25, 0.3) is 0 Å². The van der Waals surface area contributed by atoms with Gasteiger partial charge < -0.3 is 15.5 Å².